The van der Waals surface area contributed by atoms with Crippen molar-refractivity contribution in [1.82, 2.24) is 0 Å². The largest absolute Gasteiger partial charge is 0.390 e. The van der Waals surface area contributed by atoms with Crippen molar-refractivity contribution in [2.24, 2.45) is 16.8 Å². The average molecular weight is 163 g/mol. The van der Waals surface area contributed by atoms with Gasteiger partial charge in [-0.15, -0.1) is 12.6 Å². The van der Waals surface area contributed by atoms with Crippen LogP contribution < -0.4 is 5.73 Å². The third kappa shape index (κ3) is 2.64. The van der Waals surface area contributed by atoms with Gasteiger partial charge in [-0.3, -0.25) is 0 Å². The highest BCUT2D eigenvalue weighted by Crippen LogP contribution is 2.11. The van der Waals surface area contributed by atoms with Crippen LogP contribution in [0.25, 0.3) is 0 Å². The lowest BCUT2D eigenvalue weighted by Crippen LogP contribution is -2.31. The summed E-state index contributed by atoms with van der Waals surface area (Å²) in [5, 5.41) is 11.6. The number of rotatable bonds is 4. The molecule has 3 atom stereocenters. The summed E-state index contributed by atoms with van der Waals surface area (Å²) in [5.74, 6) is -0.0587. The fraction of sp³-hybridized carbons (Fsp3) is 1.00. The quantitative estimate of drug-likeness (QED) is 0.353. The number of thiol groups is 1. The average Bonchev–Trinajstić information content (AvgIpc) is 2.00. The number of aliphatic hydroxyl groups is 1. The Bertz CT molecular complexity index is 111. The maximum Gasteiger partial charge on any atom is 0.139 e. The van der Waals surface area contributed by atoms with Gasteiger partial charge >= 0.3 is 0 Å². The SMILES string of the molecule is C[C@@H](CN)C(O)C(S)N=N. The molecular weight excluding hydrogens is 150 g/mol. The predicted molar refractivity (Wildman–Crippen MR) is 42.1 cm³/mol. The van der Waals surface area contributed by atoms with Gasteiger partial charge in [-0.1, -0.05) is 6.92 Å². The Labute approximate surface area is 65.7 Å². The number of hydrogen-bond donors (Lipinski definition) is 4. The molecule has 10 heavy (non-hydrogen) atoms. The van der Waals surface area contributed by atoms with Crippen molar-refractivity contribution in [2.45, 2.75) is 18.4 Å². The summed E-state index contributed by atoms with van der Waals surface area (Å²) in [5.41, 5.74) is 11.8. The maximum atomic E-state index is 9.22. The van der Waals surface area contributed by atoms with Crippen LogP contribution in [0.2, 0.25) is 0 Å². The molecule has 4 nitrogen and oxygen atoms in total. The smallest absolute Gasteiger partial charge is 0.139 e. The molecule has 0 aliphatic heterocycles. The Kier molecular flexibility index (Phi) is 4.59. The molecule has 0 amide bonds. The first kappa shape index (κ1) is 9.87. The topological polar surface area (TPSA) is 82.5 Å². The number of nitrogens with two attached hydrogens (primary N) is 1. The summed E-state index contributed by atoms with van der Waals surface area (Å²) in [6.07, 6.45) is -0.717. The summed E-state index contributed by atoms with van der Waals surface area (Å²) in [7, 11) is 0. The van der Waals surface area contributed by atoms with Gasteiger partial charge in [0.25, 0.3) is 0 Å². The van der Waals surface area contributed by atoms with Crippen molar-refractivity contribution in [2.75, 3.05) is 6.54 Å². The van der Waals surface area contributed by atoms with Crippen molar-refractivity contribution in [3.63, 3.8) is 0 Å². The molecule has 0 aromatic heterocycles. The molecule has 0 rings (SSSR count). The van der Waals surface area contributed by atoms with E-state index >= 15 is 0 Å². The molecule has 0 radical (unpaired) electrons. The van der Waals surface area contributed by atoms with Crippen molar-refractivity contribution in [3.05, 3.63) is 0 Å². The first-order chi connectivity index (χ1) is 4.63. The zero-order valence-corrected chi connectivity index (χ0v) is 6.75. The minimum Gasteiger partial charge on any atom is -0.390 e. The van der Waals surface area contributed by atoms with Crippen LogP contribution in [0.1, 0.15) is 6.92 Å². The van der Waals surface area contributed by atoms with Crippen LogP contribution in [-0.4, -0.2) is 23.1 Å². The van der Waals surface area contributed by atoms with Crippen LogP contribution in [0.15, 0.2) is 5.11 Å². The van der Waals surface area contributed by atoms with Crippen LogP contribution in [0.5, 0.6) is 0 Å². The highest BCUT2D eigenvalue weighted by molar-refractivity contribution is 7.81. The Morgan fingerprint density at radius 1 is 1.80 bits per heavy atom. The van der Waals surface area contributed by atoms with Crippen molar-refractivity contribution < 1.29 is 5.11 Å². The van der Waals surface area contributed by atoms with Gasteiger partial charge in [-0.05, 0) is 12.5 Å². The molecule has 0 saturated heterocycles. The van der Waals surface area contributed by atoms with E-state index in [1.54, 1.807) is 6.92 Å². The van der Waals surface area contributed by atoms with E-state index in [4.69, 9.17) is 11.3 Å². The zero-order chi connectivity index (χ0) is 8.15. The molecule has 0 fully saturated rings. The van der Waals surface area contributed by atoms with E-state index in [-0.39, 0.29) is 5.92 Å². The first-order valence-electron chi connectivity index (χ1n) is 3.06. The van der Waals surface area contributed by atoms with Gasteiger partial charge in [0, 0.05) is 0 Å². The molecule has 0 heterocycles. The zero-order valence-electron chi connectivity index (χ0n) is 5.86. The summed E-state index contributed by atoms with van der Waals surface area (Å²) < 4.78 is 0. The van der Waals surface area contributed by atoms with Gasteiger partial charge in [0.1, 0.15) is 5.37 Å². The second kappa shape index (κ2) is 4.65. The highest BCUT2D eigenvalue weighted by Gasteiger charge is 2.19. The molecular formula is C5H13N3OS. The van der Waals surface area contributed by atoms with Crippen LogP contribution in [0.3, 0.4) is 0 Å². The lowest BCUT2D eigenvalue weighted by Gasteiger charge is -2.18. The highest BCUT2D eigenvalue weighted by atomic mass is 32.1. The molecule has 0 aromatic carbocycles. The maximum absolute atomic E-state index is 9.22. The monoisotopic (exact) mass is 163 g/mol. The fourth-order valence-electron chi connectivity index (χ4n) is 0.510. The minimum absolute atomic E-state index is 0.0587. The van der Waals surface area contributed by atoms with Crippen LogP contribution in [0.4, 0.5) is 0 Å². The Morgan fingerprint density at radius 2 is 2.30 bits per heavy atom. The molecule has 4 N–H and O–H groups in total. The van der Waals surface area contributed by atoms with Gasteiger partial charge in [-0.2, -0.15) is 5.11 Å². The fourth-order valence-corrected chi connectivity index (χ4v) is 0.803. The van der Waals surface area contributed by atoms with Crippen molar-refractivity contribution in [1.29, 1.82) is 5.53 Å². The summed E-state index contributed by atoms with van der Waals surface area (Å²) in [6.45, 7) is 2.17. The Balaban J connectivity index is 3.80. The molecule has 0 saturated carbocycles. The molecule has 5 heteroatoms. The number of nitrogens with zero attached hydrogens (tertiary/aromatic N) is 1. The Hall–Kier alpha value is -0.130. The number of nitrogens with one attached hydrogen (secondary N) is 1. The minimum atomic E-state index is -0.717. The second-order valence-electron chi connectivity index (χ2n) is 2.25. The van der Waals surface area contributed by atoms with Crippen molar-refractivity contribution in [3.8, 4) is 0 Å². The van der Waals surface area contributed by atoms with Crippen LogP contribution in [-0.2, 0) is 0 Å². The van der Waals surface area contributed by atoms with Crippen LogP contribution in [0, 0.1) is 11.4 Å². The molecule has 0 bridgehead atoms. The van der Waals surface area contributed by atoms with Gasteiger partial charge in [-0.25, -0.2) is 5.53 Å². The first-order valence-corrected chi connectivity index (χ1v) is 3.58. The third-order valence-corrected chi connectivity index (χ3v) is 1.81. The van der Waals surface area contributed by atoms with Gasteiger partial charge in [0.05, 0.1) is 6.10 Å². The van der Waals surface area contributed by atoms with E-state index in [0.29, 0.717) is 6.54 Å². The molecule has 0 aliphatic carbocycles. The summed E-state index contributed by atoms with van der Waals surface area (Å²) in [6, 6.07) is 0. The van der Waals surface area contributed by atoms with Crippen LogP contribution >= 0.6 is 12.6 Å². The summed E-state index contributed by atoms with van der Waals surface area (Å²) in [4.78, 5) is 0. The number of aliphatic hydroxyl groups excluding tert-OH is 1. The van der Waals surface area contributed by atoms with E-state index in [0.717, 1.165) is 0 Å². The standard InChI is InChI=1S/C5H13N3OS/c1-3(2-6)4(9)5(10)8-7/h3-5,7,9-10H,2,6H2,1H3/t3-,4?,5?/m0/s1. The summed E-state index contributed by atoms with van der Waals surface area (Å²) >= 11 is 3.86. The Morgan fingerprint density at radius 3 is 2.60 bits per heavy atom. The normalized spacial score (nSPS) is 19.6. The van der Waals surface area contributed by atoms with Gasteiger partial charge in [0.15, 0.2) is 0 Å². The van der Waals surface area contributed by atoms with E-state index in [2.05, 4.69) is 17.7 Å². The molecule has 0 spiro atoms. The van der Waals surface area contributed by atoms with Gasteiger partial charge in [0.2, 0.25) is 0 Å². The van der Waals surface area contributed by atoms with Crippen molar-refractivity contribution >= 4 is 12.6 Å². The lowest BCUT2D eigenvalue weighted by atomic mass is 10.1. The number of hydrogen-bond acceptors (Lipinski definition) is 5. The van der Waals surface area contributed by atoms with Gasteiger partial charge < -0.3 is 10.8 Å². The predicted octanol–water partition coefficient (Wildman–Crippen LogP) is 0.229. The molecule has 2 unspecified atom stereocenters. The lowest BCUT2D eigenvalue weighted by molar-refractivity contribution is 0.117. The van der Waals surface area contributed by atoms with E-state index in [1.807, 2.05) is 0 Å². The molecule has 0 aromatic rings. The molecule has 0 aliphatic rings. The van der Waals surface area contributed by atoms with E-state index in [9.17, 15) is 5.11 Å². The third-order valence-electron chi connectivity index (χ3n) is 1.39. The van der Waals surface area contributed by atoms with E-state index in [1.165, 1.54) is 0 Å². The van der Waals surface area contributed by atoms with E-state index < -0.39 is 11.5 Å². The second-order valence-corrected chi connectivity index (χ2v) is 2.78. The molecule has 60 valence electrons.